The molecule has 1 aliphatic heterocycles. The molecule has 2 heterocycles. The number of fused-ring (bicyclic) bond motifs is 2. The molecule has 4 aromatic carbocycles. The minimum Gasteiger partial charge on any atom is -0.493 e. The van der Waals surface area contributed by atoms with Crippen molar-refractivity contribution >= 4 is 11.0 Å². The van der Waals surface area contributed by atoms with E-state index in [0.29, 0.717) is 17.2 Å². The van der Waals surface area contributed by atoms with E-state index in [2.05, 4.69) is 37.3 Å². The summed E-state index contributed by atoms with van der Waals surface area (Å²) in [7, 11) is 4.84. The molecule has 1 aliphatic rings. The summed E-state index contributed by atoms with van der Waals surface area (Å²) >= 11 is 0. The van der Waals surface area contributed by atoms with Crippen molar-refractivity contribution in [2.75, 3.05) is 28.1 Å². The standard InChI is InChI=1S/C31H26O6/c1-18-6-5-7-21(12-18)30-29(22-15-27(32-2)31(34-4)28(16-22)33-3)23-13-19(8-10-24(23)37-30)20-9-11-25-26(14-20)36-17-35-25/h5-16H,17H2,1-4H3. The van der Waals surface area contributed by atoms with Crippen molar-refractivity contribution in [1.29, 1.82) is 0 Å². The molecule has 0 radical (unpaired) electrons. The monoisotopic (exact) mass is 494 g/mol. The molecule has 0 saturated heterocycles. The van der Waals surface area contributed by atoms with Gasteiger partial charge in [-0.2, -0.15) is 0 Å². The number of hydrogen-bond acceptors (Lipinski definition) is 6. The molecule has 37 heavy (non-hydrogen) atoms. The van der Waals surface area contributed by atoms with Crippen molar-refractivity contribution < 1.29 is 28.1 Å². The molecule has 6 heteroatoms. The van der Waals surface area contributed by atoms with Gasteiger partial charge in [-0.15, -0.1) is 0 Å². The number of methoxy groups -OCH3 is 3. The van der Waals surface area contributed by atoms with Gasteiger partial charge in [0.2, 0.25) is 12.5 Å². The second-order valence-corrected chi connectivity index (χ2v) is 8.87. The molecule has 0 aliphatic carbocycles. The smallest absolute Gasteiger partial charge is 0.231 e. The van der Waals surface area contributed by atoms with Crippen molar-refractivity contribution in [3.63, 3.8) is 0 Å². The molecule has 186 valence electrons. The molecule has 0 N–H and O–H groups in total. The number of rotatable bonds is 6. The molecule has 0 unspecified atom stereocenters. The zero-order valence-electron chi connectivity index (χ0n) is 21.1. The number of hydrogen-bond donors (Lipinski definition) is 0. The maximum absolute atomic E-state index is 6.51. The van der Waals surface area contributed by atoms with Crippen LogP contribution in [0.2, 0.25) is 0 Å². The van der Waals surface area contributed by atoms with Gasteiger partial charge in [0, 0.05) is 16.5 Å². The average Bonchev–Trinajstić information content (AvgIpc) is 3.56. The van der Waals surface area contributed by atoms with Crippen LogP contribution in [0.25, 0.3) is 44.5 Å². The zero-order valence-corrected chi connectivity index (χ0v) is 21.1. The maximum atomic E-state index is 6.51. The van der Waals surface area contributed by atoms with Gasteiger partial charge in [0.25, 0.3) is 0 Å². The summed E-state index contributed by atoms with van der Waals surface area (Å²) in [6.07, 6.45) is 0. The number of furan rings is 1. The molecule has 0 saturated carbocycles. The van der Waals surface area contributed by atoms with Crippen LogP contribution in [0.15, 0.2) is 77.2 Å². The second-order valence-electron chi connectivity index (χ2n) is 8.87. The fourth-order valence-corrected chi connectivity index (χ4v) is 4.85. The highest BCUT2D eigenvalue weighted by Crippen LogP contribution is 2.48. The Bertz CT molecular complexity index is 1610. The van der Waals surface area contributed by atoms with Crippen LogP contribution in [0.4, 0.5) is 0 Å². The summed E-state index contributed by atoms with van der Waals surface area (Å²) in [5, 5.41) is 0.973. The number of ether oxygens (including phenoxy) is 5. The van der Waals surface area contributed by atoms with Gasteiger partial charge in [-0.1, -0.05) is 35.9 Å². The van der Waals surface area contributed by atoms with Crippen molar-refractivity contribution in [3.8, 4) is 62.3 Å². The summed E-state index contributed by atoms with van der Waals surface area (Å²) in [6, 6.07) is 24.4. The Morgan fingerprint density at radius 3 is 2.11 bits per heavy atom. The van der Waals surface area contributed by atoms with E-state index in [-0.39, 0.29) is 6.79 Å². The van der Waals surface area contributed by atoms with E-state index in [1.54, 1.807) is 21.3 Å². The maximum Gasteiger partial charge on any atom is 0.231 e. The Kier molecular flexibility index (Phi) is 5.64. The molecule has 0 amide bonds. The lowest BCUT2D eigenvalue weighted by Crippen LogP contribution is -1.96. The highest BCUT2D eigenvalue weighted by molar-refractivity contribution is 6.04. The fraction of sp³-hybridized carbons (Fsp3) is 0.161. The lowest BCUT2D eigenvalue weighted by Gasteiger charge is -2.14. The average molecular weight is 495 g/mol. The molecular weight excluding hydrogens is 468 g/mol. The normalized spacial score (nSPS) is 12.1. The molecule has 5 aromatic rings. The number of aryl methyl sites for hydroxylation is 1. The molecule has 6 rings (SSSR count). The molecular formula is C31H26O6. The van der Waals surface area contributed by atoms with Crippen LogP contribution in [-0.2, 0) is 0 Å². The topological polar surface area (TPSA) is 59.3 Å². The van der Waals surface area contributed by atoms with Crippen LogP contribution in [0.3, 0.4) is 0 Å². The fourth-order valence-electron chi connectivity index (χ4n) is 4.85. The third kappa shape index (κ3) is 3.91. The Labute approximate surface area is 214 Å². The minimum atomic E-state index is 0.241. The second kappa shape index (κ2) is 9.13. The van der Waals surface area contributed by atoms with Gasteiger partial charge in [0.1, 0.15) is 11.3 Å². The minimum absolute atomic E-state index is 0.241. The van der Waals surface area contributed by atoms with Crippen molar-refractivity contribution in [1.82, 2.24) is 0 Å². The van der Waals surface area contributed by atoms with Crippen LogP contribution >= 0.6 is 0 Å². The summed E-state index contributed by atoms with van der Waals surface area (Å²) in [5.74, 6) is 3.97. The van der Waals surface area contributed by atoms with E-state index in [4.69, 9.17) is 28.1 Å². The Morgan fingerprint density at radius 2 is 1.38 bits per heavy atom. The van der Waals surface area contributed by atoms with Gasteiger partial charge in [0.05, 0.1) is 21.3 Å². The van der Waals surface area contributed by atoms with Gasteiger partial charge in [-0.05, 0) is 66.1 Å². The molecule has 1 aromatic heterocycles. The van der Waals surface area contributed by atoms with Crippen molar-refractivity contribution in [2.24, 2.45) is 0 Å². The summed E-state index contributed by atoms with van der Waals surface area (Å²) in [6.45, 7) is 2.31. The van der Waals surface area contributed by atoms with Crippen LogP contribution in [0, 0.1) is 6.92 Å². The van der Waals surface area contributed by atoms with Crippen LogP contribution < -0.4 is 23.7 Å². The summed E-state index contributed by atoms with van der Waals surface area (Å²) in [5.41, 5.74) is 6.83. The van der Waals surface area contributed by atoms with Crippen LogP contribution in [-0.4, -0.2) is 28.1 Å². The van der Waals surface area contributed by atoms with E-state index >= 15 is 0 Å². The van der Waals surface area contributed by atoms with Crippen molar-refractivity contribution in [3.05, 3.63) is 78.4 Å². The quantitative estimate of drug-likeness (QED) is 0.244. The summed E-state index contributed by atoms with van der Waals surface area (Å²) in [4.78, 5) is 0. The molecule has 0 spiro atoms. The van der Waals surface area contributed by atoms with Gasteiger partial charge < -0.3 is 28.1 Å². The third-order valence-electron chi connectivity index (χ3n) is 6.63. The first-order valence-electron chi connectivity index (χ1n) is 11.9. The Balaban J connectivity index is 1.62. The van der Waals surface area contributed by atoms with Crippen LogP contribution in [0.1, 0.15) is 5.56 Å². The zero-order chi connectivity index (χ0) is 25.5. The lowest BCUT2D eigenvalue weighted by molar-refractivity contribution is 0.174. The predicted molar refractivity (Wildman–Crippen MR) is 143 cm³/mol. The predicted octanol–water partition coefficient (Wildman–Crippen LogP) is 7.50. The van der Waals surface area contributed by atoms with Crippen LogP contribution in [0.5, 0.6) is 28.7 Å². The van der Waals surface area contributed by atoms with Gasteiger partial charge >= 0.3 is 0 Å². The number of benzene rings is 4. The summed E-state index contributed by atoms with van der Waals surface area (Å²) < 4.78 is 34.5. The van der Waals surface area contributed by atoms with Crippen molar-refractivity contribution in [2.45, 2.75) is 6.92 Å². The molecule has 6 nitrogen and oxygen atoms in total. The largest absolute Gasteiger partial charge is 0.493 e. The highest BCUT2D eigenvalue weighted by atomic mass is 16.7. The molecule has 0 bridgehead atoms. The van der Waals surface area contributed by atoms with E-state index in [9.17, 15) is 0 Å². The Morgan fingerprint density at radius 1 is 0.649 bits per heavy atom. The first kappa shape index (κ1) is 22.9. The molecule has 0 fully saturated rings. The van der Waals surface area contributed by atoms with Gasteiger partial charge in [-0.3, -0.25) is 0 Å². The van der Waals surface area contributed by atoms with Gasteiger partial charge in [0.15, 0.2) is 23.0 Å². The Hall–Kier alpha value is -4.58. The van der Waals surface area contributed by atoms with E-state index in [1.807, 2.05) is 42.5 Å². The third-order valence-corrected chi connectivity index (χ3v) is 6.63. The SMILES string of the molecule is COc1cc(-c2c(-c3cccc(C)c3)oc3ccc(-c4ccc5c(c4)OCO5)cc23)cc(OC)c1OC. The van der Waals surface area contributed by atoms with E-state index in [1.165, 1.54) is 0 Å². The van der Waals surface area contributed by atoms with Gasteiger partial charge in [-0.25, -0.2) is 0 Å². The first-order valence-corrected chi connectivity index (χ1v) is 11.9. The molecule has 0 atom stereocenters. The van der Waals surface area contributed by atoms with E-state index < -0.39 is 0 Å². The highest BCUT2D eigenvalue weighted by Gasteiger charge is 2.23. The first-order chi connectivity index (χ1) is 18.1. The van der Waals surface area contributed by atoms with E-state index in [0.717, 1.165) is 61.6 Å². The lowest BCUT2D eigenvalue weighted by atomic mass is 9.95.